The Kier molecular flexibility index (Phi) is 10.9. The van der Waals surface area contributed by atoms with Gasteiger partial charge in [0.2, 0.25) is 0 Å². The molecule has 29 heavy (non-hydrogen) atoms. The molecule has 6 heteroatoms. The average Bonchev–Trinajstić information content (AvgIpc) is 2.95. The van der Waals surface area contributed by atoms with Crippen LogP contribution < -0.4 is 15.4 Å². The van der Waals surface area contributed by atoms with E-state index in [1.54, 1.807) is 7.11 Å². The summed E-state index contributed by atoms with van der Waals surface area (Å²) in [5, 5.41) is 6.86. The summed E-state index contributed by atoms with van der Waals surface area (Å²) in [4.78, 5) is 9.78. The minimum atomic E-state index is 0.498. The molecule has 1 aromatic rings. The van der Waals surface area contributed by atoms with E-state index in [1.807, 2.05) is 12.1 Å². The van der Waals surface area contributed by atoms with Gasteiger partial charge in [-0.2, -0.15) is 0 Å². The van der Waals surface area contributed by atoms with Crippen molar-refractivity contribution in [2.75, 3.05) is 66.5 Å². The van der Waals surface area contributed by atoms with E-state index in [1.165, 1.54) is 38.2 Å². The fraction of sp³-hybridized carbons (Fsp3) is 0.696. The first kappa shape index (κ1) is 23.5. The highest BCUT2D eigenvalue weighted by atomic mass is 16.5. The van der Waals surface area contributed by atoms with Crippen molar-refractivity contribution in [1.29, 1.82) is 0 Å². The molecule has 0 bridgehead atoms. The second kappa shape index (κ2) is 13.4. The highest BCUT2D eigenvalue weighted by Gasteiger charge is 2.11. The van der Waals surface area contributed by atoms with Crippen LogP contribution in [0.3, 0.4) is 0 Å². The third kappa shape index (κ3) is 9.05. The highest BCUT2D eigenvalue weighted by Crippen LogP contribution is 2.21. The van der Waals surface area contributed by atoms with E-state index < -0.39 is 0 Å². The molecule has 1 heterocycles. The molecule has 1 aliphatic heterocycles. The Morgan fingerprint density at radius 3 is 2.66 bits per heavy atom. The van der Waals surface area contributed by atoms with Crippen LogP contribution >= 0.6 is 0 Å². The zero-order valence-corrected chi connectivity index (χ0v) is 18.9. The van der Waals surface area contributed by atoms with Crippen LogP contribution in [0.15, 0.2) is 29.3 Å². The van der Waals surface area contributed by atoms with E-state index in [-0.39, 0.29) is 0 Å². The zero-order valence-electron chi connectivity index (χ0n) is 18.9. The number of nitrogens with one attached hydrogen (secondary N) is 2. The summed E-state index contributed by atoms with van der Waals surface area (Å²) in [7, 11) is 3.92. The third-order valence-electron chi connectivity index (χ3n) is 5.61. The van der Waals surface area contributed by atoms with Crippen molar-refractivity contribution in [3.8, 4) is 5.75 Å². The molecule has 0 spiro atoms. The van der Waals surface area contributed by atoms with Gasteiger partial charge in [0.15, 0.2) is 5.96 Å². The summed E-state index contributed by atoms with van der Waals surface area (Å²) in [6, 6.07) is 8.38. The van der Waals surface area contributed by atoms with Gasteiger partial charge >= 0.3 is 0 Å². The van der Waals surface area contributed by atoms with Crippen molar-refractivity contribution in [2.24, 2.45) is 4.99 Å². The molecule has 1 atom stereocenters. The summed E-state index contributed by atoms with van der Waals surface area (Å²) in [5.74, 6) is 2.34. The van der Waals surface area contributed by atoms with Crippen LogP contribution in [0.1, 0.15) is 44.6 Å². The number of guanidine groups is 1. The van der Waals surface area contributed by atoms with Gasteiger partial charge in [0, 0.05) is 32.7 Å². The molecule has 2 N–H and O–H groups in total. The number of methoxy groups -OCH3 is 1. The minimum absolute atomic E-state index is 0.498. The van der Waals surface area contributed by atoms with Gasteiger partial charge in [-0.05, 0) is 76.5 Å². The normalized spacial score (nSPS) is 17.6. The van der Waals surface area contributed by atoms with Crippen molar-refractivity contribution < 1.29 is 4.74 Å². The number of hydrogen-bond donors (Lipinski definition) is 2. The van der Waals surface area contributed by atoms with Gasteiger partial charge in [0.05, 0.1) is 7.11 Å². The lowest BCUT2D eigenvalue weighted by Crippen LogP contribution is -2.38. The van der Waals surface area contributed by atoms with Crippen molar-refractivity contribution >= 4 is 5.96 Å². The maximum Gasteiger partial charge on any atom is 0.191 e. The maximum atomic E-state index is 5.24. The zero-order chi connectivity index (χ0) is 20.9. The average molecular weight is 404 g/mol. The summed E-state index contributed by atoms with van der Waals surface area (Å²) < 4.78 is 5.24. The van der Waals surface area contributed by atoms with E-state index in [4.69, 9.17) is 9.73 Å². The first-order valence-electron chi connectivity index (χ1n) is 11.2. The van der Waals surface area contributed by atoms with Crippen molar-refractivity contribution in [1.82, 2.24) is 20.4 Å². The minimum Gasteiger partial charge on any atom is -0.497 e. The Balaban J connectivity index is 1.69. The largest absolute Gasteiger partial charge is 0.497 e. The van der Waals surface area contributed by atoms with Crippen LogP contribution in [0.2, 0.25) is 0 Å². The molecule has 1 saturated heterocycles. The number of nitrogens with zero attached hydrogens (tertiary/aromatic N) is 3. The molecule has 1 aromatic carbocycles. The predicted octanol–water partition coefficient (Wildman–Crippen LogP) is 2.77. The Bertz CT molecular complexity index is 589. The number of likely N-dealkylation sites (N-methyl/N-ethyl adjacent to an activating group) is 1. The Hall–Kier alpha value is -1.79. The Morgan fingerprint density at radius 1 is 1.14 bits per heavy atom. The van der Waals surface area contributed by atoms with E-state index in [0.717, 1.165) is 50.7 Å². The van der Waals surface area contributed by atoms with E-state index >= 15 is 0 Å². The van der Waals surface area contributed by atoms with Gasteiger partial charge in [-0.1, -0.05) is 19.1 Å². The highest BCUT2D eigenvalue weighted by molar-refractivity contribution is 5.79. The number of rotatable bonds is 10. The SMILES string of the molecule is CCNC(=NCCCN1CCCN(C)CC1)NCCC(C)c1ccc(OC)cc1. The standard InChI is InChI=1S/C23H41N5O/c1-5-24-23(25-13-6-16-28-17-7-15-27(3)18-19-28)26-14-12-20(2)21-8-10-22(29-4)11-9-21/h8-11,20H,5-7,12-19H2,1-4H3,(H2,24,25,26). The topological polar surface area (TPSA) is 52.1 Å². The molecule has 164 valence electrons. The van der Waals surface area contributed by atoms with Gasteiger partial charge in [0.1, 0.15) is 5.75 Å². The lowest BCUT2D eigenvalue weighted by molar-refractivity contribution is 0.275. The lowest BCUT2D eigenvalue weighted by atomic mass is 9.98. The van der Waals surface area contributed by atoms with Gasteiger partial charge in [-0.25, -0.2) is 0 Å². The fourth-order valence-corrected chi connectivity index (χ4v) is 3.66. The summed E-state index contributed by atoms with van der Waals surface area (Å²) in [6.45, 7) is 13.0. The van der Waals surface area contributed by atoms with Crippen LogP contribution in [-0.4, -0.2) is 82.3 Å². The van der Waals surface area contributed by atoms with Crippen molar-refractivity contribution in [3.05, 3.63) is 29.8 Å². The first-order valence-corrected chi connectivity index (χ1v) is 11.2. The van der Waals surface area contributed by atoms with Gasteiger partial charge in [-0.3, -0.25) is 4.99 Å². The second-order valence-corrected chi connectivity index (χ2v) is 8.00. The summed E-state index contributed by atoms with van der Waals surface area (Å²) >= 11 is 0. The molecule has 0 aliphatic carbocycles. The first-order chi connectivity index (χ1) is 14.1. The number of hydrogen-bond acceptors (Lipinski definition) is 4. The number of ether oxygens (including phenoxy) is 1. The molecule has 1 unspecified atom stereocenters. The number of benzene rings is 1. The molecule has 2 rings (SSSR count). The maximum absolute atomic E-state index is 5.24. The van der Waals surface area contributed by atoms with E-state index in [2.05, 4.69) is 53.5 Å². The predicted molar refractivity (Wildman–Crippen MR) is 123 cm³/mol. The summed E-state index contributed by atoms with van der Waals surface area (Å²) in [5.41, 5.74) is 1.35. The third-order valence-corrected chi connectivity index (χ3v) is 5.61. The van der Waals surface area contributed by atoms with Crippen LogP contribution in [0.25, 0.3) is 0 Å². The van der Waals surface area contributed by atoms with E-state index in [0.29, 0.717) is 5.92 Å². The van der Waals surface area contributed by atoms with E-state index in [9.17, 15) is 0 Å². The molecule has 1 fully saturated rings. The second-order valence-electron chi connectivity index (χ2n) is 8.00. The fourth-order valence-electron chi connectivity index (χ4n) is 3.66. The van der Waals surface area contributed by atoms with Crippen molar-refractivity contribution in [2.45, 2.75) is 39.0 Å². The molecule has 0 amide bonds. The molecule has 0 aromatic heterocycles. The smallest absolute Gasteiger partial charge is 0.191 e. The van der Waals surface area contributed by atoms with Gasteiger partial charge in [0.25, 0.3) is 0 Å². The monoisotopic (exact) mass is 403 g/mol. The van der Waals surface area contributed by atoms with Crippen LogP contribution in [-0.2, 0) is 0 Å². The Labute approximate surface area is 177 Å². The molecule has 0 radical (unpaired) electrons. The van der Waals surface area contributed by atoms with Crippen molar-refractivity contribution in [3.63, 3.8) is 0 Å². The lowest BCUT2D eigenvalue weighted by Gasteiger charge is -2.19. The molecular formula is C23H41N5O. The molecular weight excluding hydrogens is 362 g/mol. The molecule has 0 saturated carbocycles. The van der Waals surface area contributed by atoms with Crippen LogP contribution in [0, 0.1) is 0 Å². The van der Waals surface area contributed by atoms with Crippen LogP contribution in [0.4, 0.5) is 0 Å². The Morgan fingerprint density at radius 2 is 1.93 bits per heavy atom. The molecule has 1 aliphatic rings. The number of aliphatic imine (C=N–C) groups is 1. The molecule has 6 nitrogen and oxygen atoms in total. The van der Waals surface area contributed by atoms with Gasteiger partial charge in [-0.15, -0.1) is 0 Å². The quantitative estimate of drug-likeness (QED) is 0.357. The van der Waals surface area contributed by atoms with Crippen LogP contribution in [0.5, 0.6) is 5.75 Å². The van der Waals surface area contributed by atoms with Gasteiger partial charge < -0.3 is 25.2 Å². The summed E-state index contributed by atoms with van der Waals surface area (Å²) in [6.07, 6.45) is 3.46.